The molecule has 2 aromatic heterocycles. The Morgan fingerprint density at radius 2 is 0.696 bits per heavy atom. The lowest BCUT2D eigenvalue weighted by Crippen LogP contribution is -2.29. The van der Waals surface area contributed by atoms with E-state index in [4.69, 9.17) is 0 Å². The summed E-state index contributed by atoms with van der Waals surface area (Å²) < 4.78 is 4.96. The average molecular weight is 877 g/mol. The predicted octanol–water partition coefficient (Wildman–Crippen LogP) is 17.2. The summed E-state index contributed by atoms with van der Waals surface area (Å²) in [5.74, 6) is 0. The Bertz CT molecular complexity index is 4030. The molecule has 322 valence electrons. The van der Waals surface area contributed by atoms with Gasteiger partial charge in [0.15, 0.2) is 0 Å². The Morgan fingerprint density at radius 1 is 0.261 bits per heavy atom. The van der Waals surface area contributed by atoms with Gasteiger partial charge in [0, 0.05) is 38.5 Å². The van der Waals surface area contributed by atoms with Crippen molar-refractivity contribution >= 4 is 43.6 Å². The predicted molar refractivity (Wildman–Crippen MR) is 289 cm³/mol. The molecule has 0 bridgehead atoms. The number of nitrogens with zero attached hydrogens (tertiary/aromatic N) is 2. The van der Waals surface area contributed by atoms with Gasteiger partial charge in [-0.2, -0.15) is 0 Å². The van der Waals surface area contributed by atoms with Gasteiger partial charge in [0.25, 0.3) is 0 Å². The van der Waals surface area contributed by atoms with Crippen LogP contribution in [0.2, 0.25) is 0 Å². The third-order valence-electron chi connectivity index (χ3n) is 14.8. The third-order valence-corrected chi connectivity index (χ3v) is 14.8. The monoisotopic (exact) mass is 876 g/mol. The van der Waals surface area contributed by atoms with Crippen LogP contribution < -0.4 is 0 Å². The number of fused-ring (bicyclic) bond motifs is 10. The molecular formula is C67H44N2. The summed E-state index contributed by atoms with van der Waals surface area (Å²) >= 11 is 0. The summed E-state index contributed by atoms with van der Waals surface area (Å²) in [6.07, 6.45) is 0. The zero-order chi connectivity index (χ0) is 45.5. The first-order valence-corrected chi connectivity index (χ1v) is 23.9. The Hall–Kier alpha value is -8.98. The van der Waals surface area contributed by atoms with Crippen molar-refractivity contribution in [2.75, 3.05) is 0 Å². The van der Waals surface area contributed by atoms with Crippen LogP contribution in [-0.2, 0) is 5.41 Å². The van der Waals surface area contributed by atoms with E-state index in [1.54, 1.807) is 0 Å². The van der Waals surface area contributed by atoms with Crippen LogP contribution in [0, 0.1) is 0 Å². The summed E-state index contributed by atoms with van der Waals surface area (Å²) in [5.41, 5.74) is 21.4. The van der Waals surface area contributed by atoms with Crippen LogP contribution in [0.25, 0.3) is 99.5 Å². The summed E-state index contributed by atoms with van der Waals surface area (Å²) in [6, 6.07) is 98.6. The van der Waals surface area contributed by atoms with Gasteiger partial charge in [0.2, 0.25) is 0 Å². The van der Waals surface area contributed by atoms with Crippen molar-refractivity contribution in [3.8, 4) is 55.9 Å². The molecule has 2 heterocycles. The molecule has 0 saturated carbocycles. The highest BCUT2D eigenvalue weighted by Gasteiger charge is 2.48. The maximum absolute atomic E-state index is 2.55. The Labute approximate surface area is 401 Å². The topological polar surface area (TPSA) is 9.86 Å². The lowest BCUT2D eigenvalue weighted by atomic mass is 9.67. The van der Waals surface area contributed by atoms with Gasteiger partial charge >= 0.3 is 0 Å². The van der Waals surface area contributed by atoms with Gasteiger partial charge in [-0.1, -0.05) is 212 Å². The van der Waals surface area contributed by atoms with Crippen molar-refractivity contribution < 1.29 is 0 Å². The Balaban J connectivity index is 1.01. The molecule has 0 saturated heterocycles. The number of hydrogen-bond acceptors (Lipinski definition) is 0. The molecular weight excluding hydrogens is 833 g/mol. The first kappa shape index (κ1) is 39.2. The molecule has 2 nitrogen and oxygen atoms in total. The van der Waals surface area contributed by atoms with E-state index >= 15 is 0 Å². The van der Waals surface area contributed by atoms with E-state index in [1.807, 2.05) is 0 Å². The average Bonchev–Trinajstić information content (AvgIpc) is 4.06. The van der Waals surface area contributed by atoms with Gasteiger partial charge in [-0.3, -0.25) is 0 Å². The molecule has 0 atom stereocenters. The van der Waals surface area contributed by atoms with E-state index in [9.17, 15) is 0 Å². The second-order valence-corrected chi connectivity index (χ2v) is 18.4. The lowest BCUT2D eigenvalue weighted by Gasteiger charge is -2.34. The first-order chi connectivity index (χ1) is 34.2. The molecule has 1 aliphatic carbocycles. The second kappa shape index (κ2) is 15.6. The zero-order valence-electron chi connectivity index (χ0n) is 37.8. The maximum atomic E-state index is 2.55. The highest BCUT2D eigenvalue weighted by atomic mass is 15.0. The minimum absolute atomic E-state index is 0.575. The van der Waals surface area contributed by atoms with Crippen molar-refractivity contribution in [2.24, 2.45) is 0 Å². The van der Waals surface area contributed by atoms with Crippen LogP contribution in [0.4, 0.5) is 0 Å². The van der Waals surface area contributed by atoms with E-state index < -0.39 is 5.41 Å². The van der Waals surface area contributed by atoms with Gasteiger partial charge in [0.1, 0.15) is 0 Å². The van der Waals surface area contributed by atoms with E-state index in [0.29, 0.717) is 0 Å². The molecule has 14 rings (SSSR count). The number of aromatic nitrogens is 2. The van der Waals surface area contributed by atoms with Crippen molar-refractivity contribution in [1.29, 1.82) is 0 Å². The molecule has 2 heteroatoms. The second-order valence-electron chi connectivity index (χ2n) is 18.4. The van der Waals surface area contributed by atoms with Crippen LogP contribution in [0.15, 0.2) is 267 Å². The third kappa shape index (κ3) is 5.92. The molecule has 0 N–H and O–H groups in total. The summed E-state index contributed by atoms with van der Waals surface area (Å²) in [4.78, 5) is 0. The standard InChI is InChI=1S/C67H44N2/c1-5-17-45(18-6-1)47-29-35-53(36-30-47)68-62-28-16-14-26-56(62)59-43-49(33-41-63(59)68)50-34-42-64-60(44-50)58-40-39-57-55-25-13-15-27-61(55)67(51-21-9-3-10-22-51,52-23-11-4-12-24-52)65(57)66(58)69(64)54-37-31-48(32-38-54)46-19-7-2-8-20-46/h1-44H. The molecule has 0 spiro atoms. The lowest BCUT2D eigenvalue weighted by molar-refractivity contribution is 0.772. The molecule has 0 unspecified atom stereocenters. The Kier molecular flexibility index (Phi) is 8.84. The van der Waals surface area contributed by atoms with Crippen LogP contribution in [0.1, 0.15) is 22.3 Å². The molecule has 0 fully saturated rings. The highest BCUT2D eigenvalue weighted by molar-refractivity contribution is 6.15. The minimum Gasteiger partial charge on any atom is -0.309 e. The van der Waals surface area contributed by atoms with Crippen LogP contribution in [-0.4, -0.2) is 9.13 Å². The van der Waals surface area contributed by atoms with Crippen LogP contribution in [0.5, 0.6) is 0 Å². The first-order valence-electron chi connectivity index (χ1n) is 23.9. The summed E-state index contributed by atoms with van der Waals surface area (Å²) in [7, 11) is 0. The van der Waals surface area contributed by atoms with Gasteiger partial charge in [0.05, 0.1) is 27.5 Å². The molecule has 0 aliphatic heterocycles. The molecule has 13 aromatic rings. The maximum Gasteiger partial charge on any atom is 0.0734 e. The van der Waals surface area contributed by atoms with E-state index in [-0.39, 0.29) is 0 Å². The van der Waals surface area contributed by atoms with Crippen molar-refractivity contribution in [2.45, 2.75) is 5.41 Å². The highest BCUT2D eigenvalue weighted by Crippen LogP contribution is 2.59. The van der Waals surface area contributed by atoms with E-state index in [0.717, 1.165) is 11.4 Å². The normalized spacial score (nSPS) is 12.8. The number of para-hydroxylation sites is 1. The van der Waals surface area contributed by atoms with E-state index in [2.05, 4.69) is 276 Å². The number of hydrogen-bond donors (Lipinski definition) is 0. The largest absolute Gasteiger partial charge is 0.309 e. The molecule has 69 heavy (non-hydrogen) atoms. The Morgan fingerprint density at radius 3 is 1.29 bits per heavy atom. The molecule has 1 aliphatic rings. The van der Waals surface area contributed by atoms with Gasteiger partial charge in [-0.15, -0.1) is 0 Å². The molecule has 11 aromatic carbocycles. The van der Waals surface area contributed by atoms with Gasteiger partial charge in [-0.25, -0.2) is 0 Å². The minimum atomic E-state index is -0.575. The van der Waals surface area contributed by atoms with Gasteiger partial charge in [-0.05, 0) is 116 Å². The van der Waals surface area contributed by atoms with Crippen LogP contribution >= 0.6 is 0 Å². The number of rotatable bonds is 7. The van der Waals surface area contributed by atoms with Crippen molar-refractivity contribution in [1.82, 2.24) is 9.13 Å². The molecule has 0 amide bonds. The number of benzene rings is 11. The van der Waals surface area contributed by atoms with Crippen molar-refractivity contribution in [3.05, 3.63) is 289 Å². The fourth-order valence-corrected chi connectivity index (χ4v) is 11.8. The smallest absolute Gasteiger partial charge is 0.0734 e. The summed E-state index contributed by atoms with van der Waals surface area (Å²) in [6.45, 7) is 0. The quantitative estimate of drug-likeness (QED) is 0.151. The van der Waals surface area contributed by atoms with Crippen molar-refractivity contribution in [3.63, 3.8) is 0 Å². The fourth-order valence-electron chi connectivity index (χ4n) is 11.8. The fraction of sp³-hybridized carbons (Fsp3) is 0.0149. The van der Waals surface area contributed by atoms with Crippen LogP contribution in [0.3, 0.4) is 0 Å². The summed E-state index contributed by atoms with van der Waals surface area (Å²) in [5, 5.41) is 4.94. The molecule has 0 radical (unpaired) electrons. The van der Waals surface area contributed by atoms with E-state index in [1.165, 1.54) is 110 Å². The zero-order valence-corrected chi connectivity index (χ0v) is 37.8. The SMILES string of the molecule is c1ccc(-c2ccc(-n3c4ccccc4c4cc(-c5ccc6c(c5)c5ccc7c(c5n6-c5ccc(-c6ccccc6)cc5)C(c5ccccc5)(c5ccccc5)c5ccccc5-7)ccc43)cc2)cc1. The van der Waals surface area contributed by atoms with Gasteiger partial charge < -0.3 is 9.13 Å².